The highest BCUT2D eigenvalue weighted by Crippen LogP contribution is 2.32. The van der Waals surface area contributed by atoms with Crippen LogP contribution in [0.5, 0.6) is 17.2 Å². The molecule has 0 aliphatic heterocycles. The third kappa shape index (κ3) is 4.48. The predicted octanol–water partition coefficient (Wildman–Crippen LogP) is 3.33. The van der Waals surface area contributed by atoms with Crippen LogP contribution < -0.4 is 14.9 Å². The number of rotatable bonds is 6. The molecule has 0 saturated heterocycles. The molecule has 2 rings (SSSR count). The van der Waals surface area contributed by atoms with Crippen LogP contribution in [0.3, 0.4) is 0 Å². The SMILES string of the molecule is CCOc1ccc(C(=O)N/N=C/c2cc(Br)cc(OC)c2O)cc1. The number of nitrogens with one attached hydrogen (secondary N) is 1. The minimum absolute atomic E-state index is 0.0558. The normalized spacial score (nSPS) is 10.6. The van der Waals surface area contributed by atoms with Crippen molar-refractivity contribution in [2.24, 2.45) is 5.10 Å². The average molecular weight is 393 g/mol. The van der Waals surface area contributed by atoms with Gasteiger partial charge in [0.1, 0.15) is 5.75 Å². The molecule has 0 bridgehead atoms. The molecular weight excluding hydrogens is 376 g/mol. The van der Waals surface area contributed by atoms with E-state index in [4.69, 9.17) is 9.47 Å². The lowest BCUT2D eigenvalue weighted by atomic mass is 10.2. The highest BCUT2D eigenvalue weighted by atomic mass is 79.9. The number of hydrogen-bond acceptors (Lipinski definition) is 5. The van der Waals surface area contributed by atoms with Crippen LogP contribution in [0, 0.1) is 0 Å². The Hall–Kier alpha value is -2.54. The summed E-state index contributed by atoms with van der Waals surface area (Å²) in [7, 11) is 1.45. The van der Waals surface area contributed by atoms with E-state index in [1.807, 2.05) is 6.92 Å². The zero-order valence-corrected chi connectivity index (χ0v) is 14.8. The van der Waals surface area contributed by atoms with Gasteiger partial charge in [-0.3, -0.25) is 4.79 Å². The summed E-state index contributed by atoms with van der Waals surface area (Å²) in [5.41, 5.74) is 3.27. The number of hydrazone groups is 1. The number of carbonyl (C=O) groups is 1. The summed E-state index contributed by atoms with van der Waals surface area (Å²) >= 11 is 3.31. The molecule has 0 aliphatic rings. The van der Waals surface area contributed by atoms with Crippen molar-refractivity contribution in [2.45, 2.75) is 6.92 Å². The molecule has 0 aromatic heterocycles. The minimum Gasteiger partial charge on any atom is -0.504 e. The monoisotopic (exact) mass is 392 g/mol. The molecule has 0 unspecified atom stereocenters. The number of nitrogens with zero attached hydrogens (tertiary/aromatic N) is 1. The second kappa shape index (κ2) is 8.35. The standard InChI is InChI=1S/C17H17BrN2O4/c1-3-24-14-6-4-11(5-7-14)17(22)20-19-10-12-8-13(18)9-15(23-2)16(12)21/h4-10,21H,3H2,1-2H3,(H,20,22)/b19-10+. The Bertz CT molecular complexity index is 745. The molecule has 0 radical (unpaired) electrons. The van der Waals surface area contributed by atoms with E-state index in [1.54, 1.807) is 36.4 Å². The van der Waals surface area contributed by atoms with E-state index in [2.05, 4.69) is 26.5 Å². The van der Waals surface area contributed by atoms with Crippen LogP contribution in [0.2, 0.25) is 0 Å². The topological polar surface area (TPSA) is 80.2 Å². The fourth-order valence-electron chi connectivity index (χ4n) is 1.94. The molecule has 0 aliphatic carbocycles. The quantitative estimate of drug-likeness (QED) is 0.583. The number of hydrogen-bond donors (Lipinski definition) is 2. The number of phenols is 1. The van der Waals surface area contributed by atoms with Gasteiger partial charge in [0.05, 0.1) is 19.9 Å². The lowest BCUT2D eigenvalue weighted by Crippen LogP contribution is -2.17. The van der Waals surface area contributed by atoms with Crippen molar-refractivity contribution >= 4 is 28.1 Å². The number of benzene rings is 2. The van der Waals surface area contributed by atoms with E-state index in [9.17, 15) is 9.90 Å². The van der Waals surface area contributed by atoms with E-state index in [1.165, 1.54) is 13.3 Å². The summed E-state index contributed by atoms with van der Waals surface area (Å²) in [6, 6.07) is 10.0. The number of carbonyl (C=O) groups excluding carboxylic acids is 1. The summed E-state index contributed by atoms with van der Waals surface area (Å²) in [5, 5.41) is 13.9. The number of methoxy groups -OCH3 is 1. The second-order valence-electron chi connectivity index (χ2n) is 4.70. The van der Waals surface area contributed by atoms with E-state index >= 15 is 0 Å². The zero-order valence-electron chi connectivity index (χ0n) is 13.2. The molecule has 0 saturated carbocycles. The Kier molecular flexibility index (Phi) is 6.20. The van der Waals surface area contributed by atoms with E-state index in [0.29, 0.717) is 29.2 Å². The van der Waals surface area contributed by atoms with Gasteiger partial charge in [-0.05, 0) is 43.3 Å². The van der Waals surface area contributed by atoms with Crippen molar-refractivity contribution in [3.8, 4) is 17.2 Å². The second-order valence-corrected chi connectivity index (χ2v) is 5.62. The first-order chi connectivity index (χ1) is 11.5. The Morgan fingerprint density at radius 2 is 2.04 bits per heavy atom. The van der Waals surface area contributed by atoms with E-state index in [0.717, 1.165) is 4.47 Å². The first-order valence-corrected chi connectivity index (χ1v) is 7.97. The molecule has 126 valence electrons. The lowest BCUT2D eigenvalue weighted by molar-refractivity contribution is 0.0955. The van der Waals surface area contributed by atoms with Crippen molar-refractivity contribution in [3.05, 3.63) is 52.0 Å². The van der Waals surface area contributed by atoms with Gasteiger partial charge in [-0.2, -0.15) is 5.10 Å². The lowest BCUT2D eigenvalue weighted by Gasteiger charge is -2.07. The summed E-state index contributed by atoms with van der Waals surface area (Å²) in [5.74, 6) is 0.586. The third-order valence-electron chi connectivity index (χ3n) is 3.09. The summed E-state index contributed by atoms with van der Waals surface area (Å²) in [6.45, 7) is 2.46. The molecule has 1 amide bonds. The van der Waals surface area contributed by atoms with E-state index < -0.39 is 0 Å². The average Bonchev–Trinajstić information content (AvgIpc) is 2.58. The van der Waals surface area contributed by atoms with Crippen molar-refractivity contribution in [1.82, 2.24) is 5.43 Å². The van der Waals surface area contributed by atoms with Crippen molar-refractivity contribution in [1.29, 1.82) is 0 Å². The summed E-state index contributed by atoms with van der Waals surface area (Å²) < 4.78 is 11.1. The molecule has 0 atom stereocenters. The molecule has 24 heavy (non-hydrogen) atoms. The van der Waals surface area contributed by atoms with Crippen LogP contribution in [0.4, 0.5) is 0 Å². The van der Waals surface area contributed by atoms with E-state index in [-0.39, 0.29) is 11.7 Å². The van der Waals surface area contributed by atoms with Crippen molar-refractivity contribution in [3.63, 3.8) is 0 Å². The smallest absolute Gasteiger partial charge is 0.271 e. The van der Waals surface area contributed by atoms with Gasteiger partial charge in [0.15, 0.2) is 11.5 Å². The maximum Gasteiger partial charge on any atom is 0.271 e. The fraction of sp³-hybridized carbons (Fsp3) is 0.176. The third-order valence-corrected chi connectivity index (χ3v) is 3.54. The molecule has 7 heteroatoms. The molecule has 2 N–H and O–H groups in total. The number of phenolic OH excluding ortho intramolecular Hbond substituents is 1. The Morgan fingerprint density at radius 3 is 2.67 bits per heavy atom. The first kappa shape index (κ1) is 17.8. The maximum atomic E-state index is 12.0. The first-order valence-electron chi connectivity index (χ1n) is 7.18. The number of ether oxygens (including phenoxy) is 2. The van der Waals surface area contributed by atoms with Gasteiger partial charge in [0, 0.05) is 15.6 Å². The Morgan fingerprint density at radius 1 is 1.33 bits per heavy atom. The van der Waals surface area contributed by atoms with Crippen LogP contribution in [0.25, 0.3) is 0 Å². The summed E-state index contributed by atoms with van der Waals surface area (Å²) in [4.78, 5) is 12.0. The maximum absolute atomic E-state index is 12.0. The highest BCUT2D eigenvalue weighted by molar-refractivity contribution is 9.10. The molecule has 2 aromatic carbocycles. The van der Waals surface area contributed by atoms with Crippen LogP contribution in [0.1, 0.15) is 22.8 Å². The zero-order chi connectivity index (χ0) is 17.5. The summed E-state index contributed by atoms with van der Waals surface area (Å²) in [6.07, 6.45) is 1.34. The van der Waals surface area contributed by atoms with Crippen molar-refractivity contribution < 1.29 is 19.4 Å². The molecule has 6 nitrogen and oxygen atoms in total. The van der Waals surface area contributed by atoms with Gasteiger partial charge in [0.2, 0.25) is 0 Å². The minimum atomic E-state index is -0.365. The molecule has 0 fully saturated rings. The Balaban J connectivity index is 2.06. The Labute approximate surface area is 148 Å². The molecule has 0 spiro atoms. The van der Waals surface area contributed by atoms with Gasteiger partial charge in [0.25, 0.3) is 5.91 Å². The van der Waals surface area contributed by atoms with Crippen LogP contribution in [-0.4, -0.2) is 30.9 Å². The predicted molar refractivity (Wildman–Crippen MR) is 95.0 cm³/mol. The van der Waals surface area contributed by atoms with Gasteiger partial charge < -0.3 is 14.6 Å². The van der Waals surface area contributed by atoms with Gasteiger partial charge in [-0.1, -0.05) is 15.9 Å². The van der Waals surface area contributed by atoms with Crippen molar-refractivity contribution in [2.75, 3.05) is 13.7 Å². The van der Waals surface area contributed by atoms with Crippen LogP contribution in [0.15, 0.2) is 46.0 Å². The van der Waals surface area contributed by atoms with Crippen LogP contribution >= 0.6 is 15.9 Å². The van der Waals surface area contributed by atoms with Gasteiger partial charge >= 0.3 is 0 Å². The van der Waals surface area contributed by atoms with Gasteiger partial charge in [-0.15, -0.1) is 0 Å². The molecular formula is C17H17BrN2O4. The molecule has 0 heterocycles. The number of halogens is 1. The number of amides is 1. The fourth-order valence-corrected chi connectivity index (χ4v) is 2.40. The van der Waals surface area contributed by atoms with Crippen LogP contribution in [-0.2, 0) is 0 Å². The molecule has 2 aromatic rings. The number of aromatic hydroxyl groups is 1. The van der Waals surface area contributed by atoms with Gasteiger partial charge in [-0.25, -0.2) is 5.43 Å². The highest BCUT2D eigenvalue weighted by Gasteiger charge is 2.09. The largest absolute Gasteiger partial charge is 0.504 e.